The minimum atomic E-state index is -4.08. The zero-order valence-corrected chi connectivity index (χ0v) is 8.56. The standard InChI is InChI=1S/C8H14F3NS/c1-7(2)5-6(7)12-3-4-13-8(9,10)11/h6,12H,3-5H2,1-2H3. The molecule has 13 heavy (non-hydrogen) atoms. The molecule has 0 aromatic rings. The number of hydrogen-bond acceptors (Lipinski definition) is 2. The summed E-state index contributed by atoms with van der Waals surface area (Å²) >= 11 is 0.0410. The monoisotopic (exact) mass is 213 g/mol. The molecule has 0 spiro atoms. The molecule has 0 aromatic heterocycles. The van der Waals surface area contributed by atoms with Crippen LogP contribution in [0.2, 0.25) is 0 Å². The van der Waals surface area contributed by atoms with E-state index in [0.29, 0.717) is 18.0 Å². The van der Waals surface area contributed by atoms with E-state index in [-0.39, 0.29) is 17.5 Å². The lowest BCUT2D eigenvalue weighted by atomic mass is 10.2. The molecule has 0 amide bonds. The zero-order valence-electron chi connectivity index (χ0n) is 7.74. The third-order valence-corrected chi connectivity index (χ3v) is 3.01. The number of thioether (sulfide) groups is 1. The molecule has 1 rings (SSSR count). The van der Waals surface area contributed by atoms with Crippen LogP contribution in [-0.2, 0) is 0 Å². The van der Waals surface area contributed by atoms with E-state index in [1.165, 1.54) is 0 Å². The molecule has 1 fully saturated rings. The molecule has 0 aromatic carbocycles. The van der Waals surface area contributed by atoms with Crippen molar-refractivity contribution in [2.24, 2.45) is 5.41 Å². The topological polar surface area (TPSA) is 12.0 Å². The van der Waals surface area contributed by atoms with Gasteiger partial charge in [-0.1, -0.05) is 13.8 Å². The molecule has 1 nitrogen and oxygen atoms in total. The fourth-order valence-corrected chi connectivity index (χ4v) is 1.67. The minimum Gasteiger partial charge on any atom is -0.313 e. The quantitative estimate of drug-likeness (QED) is 0.720. The van der Waals surface area contributed by atoms with Gasteiger partial charge in [0.1, 0.15) is 0 Å². The Morgan fingerprint density at radius 3 is 2.38 bits per heavy atom. The fraction of sp³-hybridized carbons (Fsp3) is 1.00. The van der Waals surface area contributed by atoms with Crippen LogP contribution in [0.25, 0.3) is 0 Å². The first-order valence-electron chi connectivity index (χ1n) is 4.25. The van der Waals surface area contributed by atoms with Gasteiger partial charge in [-0.3, -0.25) is 0 Å². The Balaban J connectivity index is 1.97. The van der Waals surface area contributed by atoms with Crippen LogP contribution in [0, 0.1) is 5.41 Å². The van der Waals surface area contributed by atoms with Gasteiger partial charge in [0.25, 0.3) is 0 Å². The van der Waals surface area contributed by atoms with Crippen LogP contribution in [0.5, 0.6) is 0 Å². The molecular formula is C8H14F3NS. The molecule has 0 heterocycles. The van der Waals surface area contributed by atoms with Crippen LogP contribution >= 0.6 is 11.8 Å². The van der Waals surface area contributed by atoms with Crippen molar-refractivity contribution in [3.8, 4) is 0 Å². The van der Waals surface area contributed by atoms with Gasteiger partial charge in [-0.25, -0.2) is 0 Å². The molecule has 5 heteroatoms. The number of hydrogen-bond donors (Lipinski definition) is 1. The summed E-state index contributed by atoms with van der Waals surface area (Å²) in [5.41, 5.74) is -3.79. The second-order valence-corrected chi connectivity index (χ2v) is 5.15. The molecule has 1 saturated carbocycles. The predicted octanol–water partition coefficient (Wildman–Crippen LogP) is 2.63. The average molecular weight is 213 g/mol. The molecule has 0 bridgehead atoms. The van der Waals surface area contributed by atoms with Crippen molar-refractivity contribution in [2.75, 3.05) is 12.3 Å². The molecule has 1 aliphatic rings. The van der Waals surface area contributed by atoms with Crippen molar-refractivity contribution >= 4 is 11.8 Å². The van der Waals surface area contributed by atoms with E-state index >= 15 is 0 Å². The molecule has 1 N–H and O–H groups in total. The lowest BCUT2D eigenvalue weighted by Crippen LogP contribution is -2.24. The predicted molar refractivity (Wildman–Crippen MR) is 48.7 cm³/mol. The third kappa shape index (κ3) is 4.22. The highest BCUT2D eigenvalue weighted by molar-refractivity contribution is 8.00. The molecular weight excluding hydrogens is 199 g/mol. The summed E-state index contributed by atoms with van der Waals surface area (Å²) in [6, 6.07) is 0.418. The molecule has 1 unspecified atom stereocenters. The van der Waals surface area contributed by atoms with E-state index < -0.39 is 5.51 Å². The van der Waals surface area contributed by atoms with Gasteiger partial charge in [-0.15, -0.1) is 0 Å². The molecule has 0 aliphatic heterocycles. The molecule has 78 valence electrons. The lowest BCUT2D eigenvalue weighted by molar-refractivity contribution is -0.0327. The highest BCUT2D eigenvalue weighted by atomic mass is 32.2. The first-order chi connectivity index (χ1) is 5.81. The van der Waals surface area contributed by atoms with Crippen LogP contribution in [0.1, 0.15) is 20.3 Å². The van der Waals surface area contributed by atoms with Gasteiger partial charge in [0.2, 0.25) is 0 Å². The number of rotatable bonds is 4. The maximum Gasteiger partial charge on any atom is 0.441 e. The van der Waals surface area contributed by atoms with Crippen LogP contribution in [0.15, 0.2) is 0 Å². The van der Waals surface area contributed by atoms with Gasteiger partial charge in [-0.05, 0) is 23.6 Å². The van der Waals surface area contributed by atoms with E-state index in [9.17, 15) is 13.2 Å². The third-order valence-electron chi connectivity index (χ3n) is 2.27. The number of nitrogens with one attached hydrogen (secondary N) is 1. The summed E-state index contributed by atoms with van der Waals surface area (Å²) in [5, 5.41) is 3.10. The van der Waals surface area contributed by atoms with Crippen molar-refractivity contribution in [1.29, 1.82) is 0 Å². The summed E-state index contributed by atoms with van der Waals surface area (Å²) < 4.78 is 35.0. The zero-order chi connectivity index (χ0) is 10.1. The maximum absolute atomic E-state index is 11.7. The summed E-state index contributed by atoms with van der Waals surface area (Å²) in [5.74, 6) is 0.107. The highest BCUT2D eigenvalue weighted by Crippen LogP contribution is 2.44. The lowest BCUT2D eigenvalue weighted by Gasteiger charge is -2.07. The van der Waals surface area contributed by atoms with Gasteiger partial charge in [0.15, 0.2) is 0 Å². The fourth-order valence-electron chi connectivity index (χ4n) is 1.22. The number of halogens is 3. The minimum absolute atomic E-state index is 0.0410. The molecule has 0 radical (unpaired) electrons. The molecule has 1 atom stereocenters. The second-order valence-electron chi connectivity index (χ2n) is 3.99. The van der Waals surface area contributed by atoms with Crippen molar-refractivity contribution in [1.82, 2.24) is 5.32 Å². The smallest absolute Gasteiger partial charge is 0.313 e. The Morgan fingerprint density at radius 1 is 1.46 bits per heavy atom. The maximum atomic E-state index is 11.7. The van der Waals surface area contributed by atoms with Crippen molar-refractivity contribution < 1.29 is 13.2 Å². The Bertz CT molecular complexity index is 179. The van der Waals surface area contributed by atoms with Gasteiger partial charge in [0, 0.05) is 18.3 Å². The van der Waals surface area contributed by atoms with Gasteiger partial charge < -0.3 is 5.32 Å². The summed E-state index contributed by atoms with van der Waals surface area (Å²) in [6.45, 7) is 4.67. The highest BCUT2D eigenvalue weighted by Gasteiger charge is 2.45. The first-order valence-corrected chi connectivity index (χ1v) is 5.24. The number of alkyl halides is 3. The largest absolute Gasteiger partial charge is 0.441 e. The van der Waals surface area contributed by atoms with E-state index in [2.05, 4.69) is 19.2 Å². The van der Waals surface area contributed by atoms with Crippen molar-refractivity contribution in [3.05, 3.63) is 0 Å². The molecule has 1 aliphatic carbocycles. The molecule has 0 saturated heterocycles. The summed E-state index contributed by atoms with van der Waals surface area (Å²) in [4.78, 5) is 0. The first kappa shape index (κ1) is 11.2. The van der Waals surface area contributed by atoms with E-state index in [1.54, 1.807) is 0 Å². The summed E-state index contributed by atoms with van der Waals surface area (Å²) in [7, 11) is 0. The van der Waals surface area contributed by atoms with Crippen molar-refractivity contribution in [2.45, 2.75) is 31.8 Å². The van der Waals surface area contributed by atoms with Crippen LogP contribution in [0.4, 0.5) is 13.2 Å². The Morgan fingerprint density at radius 2 is 2.00 bits per heavy atom. The van der Waals surface area contributed by atoms with Gasteiger partial charge >= 0.3 is 5.51 Å². The van der Waals surface area contributed by atoms with Crippen LogP contribution in [-0.4, -0.2) is 23.8 Å². The van der Waals surface area contributed by atoms with Gasteiger partial charge in [-0.2, -0.15) is 13.2 Å². The van der Waals surface area contributed by atoms with Crippen LogP contribution < -0.4 is 5.32 Å². The average Bonchev–Trinajstić information content (AvgIpc) is 2.50. The van der Waals surface area contributed by atoms with E-state index in [4.69, 9.17) is 0 Å². The van der Waals surface area contributed by atoms with Gasteiger partial charge in [0.05, 0.1) is 0 Å². The van der Waals surface area contributed by atoms with Crippen LogP contribution in [0.3, 0.4) is 0 Å². The SMILES string of the molecule is CC1(C)CC1NCCSC(F)(F)F. The Hall–Kier alpha value is 0.100. The van der Waals surface area contributed by atoms with Crippen molar-refractivity contribution in [3.63, 3.8) is 0 Å². The van der Waals surface area contributed by atoms with E-state index in [0.717, 1.165) is 6.42 Å². The Kier molecular flexibility index (Phi) is 3.17. The Labute approximate surface area is 80.5 Å². The second kappa shape index (κ2) is 3.69. The summed E-state index contributed by atoms with van der Waals surface area (Å²) in [6.07, 6.45) is 1.07. The van der Waals surface area contributed by atoms with E-state index in [1.807, 2.05) is 0 Å². The normalized spacial score (nSPS) is 26.1.